The summed E-state index contributed by atoms with van der Waals surface area (Å²) in [7, 11) is 0. The van der Waals surface area contributed by atoms with Crippen molar-refractivity contribution in [3.05, 3.63) is 59.9 Å². The van der Waals surface area contributed by atoms with Crippen molar-refractivity contribution in [2.24, 2.45) is 0 Å². The molecule has 2 fully saturated rings. The van der Waals surface area contributed by atoms with Crippen molar-refractivity contribution in [3.8, 4) is 5.75 Å². The number of carbonyl (C=O) groups is 2. The molecule has 2 atom stereocenters. The molecule has 210 valence electrons. The van der Waals surface area contributed by atoms with Gasteiger partial charge in [-0.05, 0) is 24.6 Å². The molecule has 2 unspecified atom stereocenters. The minimum Gasteiger partial charge on any atom is -0.489 e. The van der Waals surface area contributed by atoms with Crippen molar-refractivity contribution in [1.29, 1.82) is 0 Å². The molecule has 8 nitrogen and oxygen atoms in total. The summed E-state index contributed by atoms with van der Waals surface area (Å²) in [6.45, 7) is 4.76. The van der Waals surface area contributed by atoms with E-state index in [-0.39, 0.29) is 6.10 Å². The van der Waals surface area contributed by atoms with Crippen LogP contribution in [0.1, 0.15) is 24.0 Å². The van der Waals surface area contributed by atoms with Gasteiger partial charge < -0.3 is 19.7 Å². The molecule has 2 bridgehead atoms. The maximum Gasteiger partial charge on any atom is 0.490 e. The molecule has 2 N–H and O–H groups in total. The maximum absolute atomic E-state index is 10.6. The largest absolute Gasteiger partial charge is 0.490 e. The number of hydrogen-bond donors (Lipinski definition) is 2. The lowest BCUT2D eigenvalue weighted by atomic mass is 9.91. The van der Waals surface area contributed by atoms with Crippen molar-refractivity contribution in [3.63, 3.8) is 0 Å². The molecule has 0 spiro atoms. The number of aryl methyl sites for hydroxylation is 1. The Balaban J connectivity index is 0.000000301. The number of carboxylic acid groups (broad SMARTS) is 2. The van der Waals surface area contributed by atoms with Crippen LogP contribution in [0.5, 0.6) is 5.75 Å². The number of benzene rings is 1. The third-order valence-corrected chi connectivity index (χ3v) is 5.50. The number of rotatable bonds is 4. The van der Waals surface area contributed by atoms with Crippen LogP contribution in [0.3, 0.4) is 0 Å². The molecule has 2 aliphatic rings. The van der Waals surface area contributed by atoms with Gasteiger partial charge in [0.1, 0.15) is 11.9 Å². The van der Waals surface area contributed by atoms with Crippen molar-refractivity contribution in [2.45, 2.75) is 56.9 Å². The summed E-state index contributed by atoms with van der Waals surface area (Å²) >= 11 is 0. The zero-order chi connectivity index (χ0) is 28.5. The highest BCUT2D eigenvalue weighted by atomic mass is 19.4. The summed E-state index contributed by atoms with van der Waals surface area (Å²) < 4.78 is 75.5. The van der Waals surface area contributed by atoms with E-state index in [0.29, 0.717) is 12.1 Å². The Bertz CT molecular complexity index is 1010. The molecule has 0 aliphatic carbocycles. The zero-order valence-electron chi connectivity index (χ0n) is 20.1. The molecule has 14 heteroatoms. The van der Waals surface area contributed by atoms with E-state index >= 15 is 0 Å². The lowest BCUT2D eigenvalue weighted by molar-refractivity contribution is -0.193. The topological polar surface area (TPSA) is 109 Å². The Kier molecular flexibility index (Phi) is 10.9. The van der Waals surface area contributed by atoms with Crippen LogP contribution in [0.15, 0.2) is 48.8 Å². The van der Waals surface area contributed by atoms with Crippen LogP contribution in [0.4, 0.5) is 26.3 Å². The fourth-order valence-corrected chi connectivity index (χ4v) is 3.92. The molecule has 0 radical (unpaired) electrons. The Hall–Kier alpha value is -3.39. The van der Waals surface area contributed by atoms with Gasteiger partial charge >= 0.3 is 24.3 Å². The maximum atomic E-state index is 10.6. The third kappa shape index (κ3) is 10.2. The number of hydrogen-bond acceptors (Lipinski definition) is 6. The molecule has 0 amide bonds. The molecular weight excluding hydrogens is 526 g/mol. The van der Waals surface area contributed by atoms with Crippen LogP contribution < -0.4 is 4.74 Å². The van der Waals surface area contributed by atoms with E-state index in [1.807, 2.05) is 12.1 Å². The van der Waals surface area contributed by atoms with E-state index in [1.54, 1.807) is 12.4 Å². The first-order valence-corrected chi connectivity index (χ1v) is 11.2. The number of morpholine rings is 1. The zero-order valence-corrected chi connectivity index (χ0v) is 20.1. The summed E-state index contributed by atoms with van der Waals surface area (Å²) in [5.74, 6) is -4.64. The number of alkyl halides is 6. The van der Waals surface area contributed by atoms with Gasteiger partial charge in [-0.3, -0.25) is 9.88 Å². The third-order valence-electron chi connectivity index (χ3n) is 5.50. The standard InChI is InChI=1S/C20H24N2O2.2C2HF3O2/c1-15-4-2-5-16(8-15)12-22-17-9-20(10-18(22)14-23-13-17)24-19-6-3-7-21-11-19;2*3-2(4,5)1(6)7/h2-8,11,17-18,20H,9-10,12-14H2,1H3;2*(H,6,7). The lowest BCUT2D eigenvalue weighted by Gasteiger charge is -2.48. The first kappa shape index (κ1) is 30.8. The lowest BCUT2D eigenvalue weighted by Crippen LogP contribution is -2.58. The van der Waals surface area contributed by atoms with Crippen LogP contribution in [-0.4, -0.2) is 75.8 Å². The molecule has 2 saturated heterocycles. The number of pyridine rings is 1. The van der Waals surface area contributed by atoms with Gasteiger partial charge in [-0.25, -0.2) is 9.59 Å². The van der Waals surface area contributed by atoms with Gasteiger partial charge in [0.15, 0.2) is 0 Å². The SMILES string of the molecule is Cc1cccc(CN2C3COCC2CC(Oc2cccnc2)C3)c1.O=C(O)C(F)(F)F.O=C(O)C(F)(F)F. The molecule has 3 heterocycles. The Labute approximate surface area is 213 Å². The number of carboxylic acids is 2. The first-order valence-electron chi connectivity index (χ1n) is 11.2. The van der Waals surface area contributed by atoms with Crippen molar-refractivity contribution in [2.75, 3.05) is 13.2 Å². The van der Waals surface area contributed by atoms with E-state index in [4.69, 9.17) is 29.3 Å². The van der Waals surface area contributed by atoms with Crippen molar-refractivity contribution >= 4 is 11.9 Å². The van der Waals surface area contributed by atoms with Gasteiger partial charge in [-0.2, -0.15) is 26.3 Å². The normalized spacial score (nSPS) is 21.2. The number of halogens is 6. The monoisotopic (exact) mass is 552 g/mol. The number of fused-ring (bicyclic) bond motifs is 2. The Morgan fingerprint density at radius 3 is 2.00 bits per heavy atom. The fourth-order valence-electron chi connectivity index (χ4n) is 3.92. The Morgan fingerprint density at radius 2 is 1.55 bits per heavy atom. The highest BCUT2D eigenvalue weighted by molar-refractivity contribution is 5.73. The molecule has 4 rings (SSSR count). The second kappa shape index (κ2) is 13.4. The van der Waals surface area contributed by atoms with E-state index in [1.165, 1.54) is 11.1 Å². The summed E-state index contributed by atoms with van der Waals surface area (Å²) in [5.41, 5.74) is 2.71. The van der Waals surface area contributed by atoms with Crippen LogP contribution in [0.2, 0.25) is 0 Å². The van der Waals surface area contributed by atoms with Crippen molar-refractivity contribution in [1.82, 2.24) is 9.88 Å². The summed E-state index contributed by atoms with van der Waals surface area (Å²) in [5, 5.41) is 14.2. The summed E-state index contributed by atoms with van der Waals surface area (Å²) in [6.07, 6.45) is -4.32. The quantitative estimate of drug-likeness (QED) is 0.535. The number of piperidine rings is 1. The Morgan fingerprint density at radius 1 is 1.00 bits per heavy atom. The predicted octanol–water partition coefficient (Wildman–Crippen LogP) is 4.47. The second-order valence-electron chi connectivity index (χ2n) is 8.51. The van der Waals surface area contributed by atoms with Gasteiger partial charge in [-0.15, -0.1) is 0 Å². The molecule has 2 aliphatic heterocycles. The van der Waals surface area contributed by atoms with Crippen LogP contribution in [-0.2, 0) is 20.9 Å². The van der Waals surface area contributed by atoms with Crippen LogP contribution in [0.25, 0.3) is 0 Å². The van der Waals surface area contributed by atoms with Crippen LogP contribution >= 0.6 is 0 Å². The molecule has 1 aromatic carbocycles. The number of nitrogens with zero attached hydrogens (tertiary/aromatic N) is 2. The number of ether oxygens (including phenoxy) is 2. The molecule has 0 saturated carbocycles. The van der Waals surface area contributed by atoms with E-state index in [9.17, 15) is 26.3 Å². The van der Waals surface area contributed by atoms with Crippen LogP contribution in [0, 0.1) is 6.92 Å². The highest BCUT2D eigenvalue weighted by Crippen LogP contribution is 2.31. The van der Waals surface area contributed by atoms with E-state index in [2.05, 4.69) is 41.1 Å². The van der Waals surface area contributed by atoms with Gasteiger partial charge in [0, 0.05) is 37.7 Å². The minimum atomic E-state index is -5.08. The molecule has 2 aromatic rings. The number of aliphatic carboxylic acids is 2. The predicted molar refractivity (Wildman–Crippen MR) is 120 cm³/mol. The summed E-state index contributed by atoms with van der Waals surface area (Å²) in [6, 6.07) is 13.6. The van der Waals surface area contributed by atoms with Gasteiger partial charge in [-0.1, -0.05) is 29.8 Å². The van der Waals surface area contributed by atoms with Gasteiger partial charge in [0.25, 0.3) is 0 Å². The number of aromatic nitrogens is 1. The van der Waals surface area contributed by atoms with E-state index < -0.39 is 24.3 Å². The molecule has 38 heavy (non-hydrogen) atoms. The highest BCUT2D eigenvalue weighted by Gasteiger charge is 2.40. The summed E-state index contributed by atoms with van der Waals surface area (Å²) in [4.78, 5) is 24.5. The second-order valence-corrected chi connectivity index (χ2v) is 8.51. The van der Waals surface area contributed by atoms with Gasteiger partial charge in [0.05, 0.1) is 19.4 Å². The first-order chi connectivity index (χ1) is 17.7. The minimum absolute atomic E-state index is 0.252. The smallest absolute Gasteiger partial charge is 0.489 e. The average Bonchev–Trinajstić information content (AvgIpc) is 2.80. The van der Waals surface area contributed by atoms with E-state index in [0.717, 1.165) is 38.3 Å². The van der Waals surface area contributed by atoms with Gasteiger partial charge in [0.2, 0.25) is 0 Å². The molecule has 1 aromatic heterocycles. The molecular formula is C24H26F6N2O6. The fraction of sp³-hybridized carbons (Fsp3) is 0.458. The average molecular weight is 552 g/mol. The van der Waals surface area contributed by atoms with Crippen molar-refractivity contribution < 1.29 is 55.6 Å².